The largest absolute Gasteiger partial charge is 0.492 e. The van der Waals surface area contributed by atoms with Gasteiger partial charge in [0.1, 0.15) is 18.4 Å². The number of carbonyl (C=O) groups excluding carboxylic acids is 1. The predicted octanol–water partition coefficient (Wildman–Crippen LogP) is 1.20. The maximum atomic E-state index is 11.6. The van der Waals surface area contributed by atoms with Crippen LogP contribution in [-0.4, -0.2) is 49.3 Å². The average Bonchev–Trinajstić information content (AvgIpc) is 2.47. The number of ether oxygens (including phenoxy) is 2. The summed E-state index contributed by atoms with van der Waals surface area (Å²) < 4.78 is 11.3. The average molecular weight is 292 g/mol. The molecule has 0 saturated carbocycles. The van der Waals surface area contributed by atoms with Gasteiger partial charge in [0.2, 0.25) is 5.91 Å². The topological polar surface area (TPSA) is 64.8 Å². The van der Waals surface area contributed by atoms with Crippen LogP contribution in [0.5, 0.6) is 5.75 Å². The number of hydrogen-bond acceptors (Lipinski definition) is 4. The lowest BCUT2D eigenvalue weighted by Crippen LogP contribution is -2.57. The van der Waals surface area contributed by atoms with Gasteiger partial charge in [0, 0.05) is 13.1 Å². The molecule has 1 heterocycles. The SMILES string of the molecule is CCc1cccc(OCCN2CCO[C@H](C)[C@H]2C(N)=O)c1. The number of benzene rings is 1. The van der Waals surface area contributed by atoms with E-state index in [2.05, 4.69) is 13.0 Å². The molecule has 0 aliphatic carbocycles. The molecule has 0 unspecified atom stereocenters. The van der Waals surface area contributed by atoms with Crippen LogP contribution in [0.15, 0.2) is 24.3 Å². The van der Waals surface area contributed by atoms with Crippen LogP contribution in [0.4, 0.5) is 0 Å². The van der Waals surface area contributed by atoms with E-state index in [0.29, 0.717) is 26.3 Å². The van der Waals surface area contributed by atoms with E-state index in [9.17, 15) is 4.79 Å². The van der Waals surface area contributed by atoms with Crippen LogP contribution in [0.3, 0.4) is 0 Å². The van der Waals surface area contributed by atoms with E-state index in [1.165, 1.54) is 5.56 Å². The molecule has 1 aromatic carbocycles. The van der Waals surface area contributed by atoms with Gasteiger partial charge in [-0.05, 0) is 31.0 Å². The Bertz CT molecular complexity index is 478. The third-order valence-electron chi connectivity index (χ3n) is 3.84. The number of morpholine rings is 1. The van der Waals surface area contributed by atoms with Crippen LogP contribution in [0, 0.1) is 0 Å². The second kappa shape index (κ2) is 7.43. The Balaban J connectivity index is 1.87. The summed E-state index contributed by atoms with van der Waals surface area (Å²) in [6.45, 7) is 6.52. The van der Waals surface area contributed by atoms with Gasteiger partial charge in [0.15, 0.2) is 0 Å². The van der Waals surface area contributed by atoms with Crippen molar-refractivity contribution in [3.63, 3.8) is 0 Å². The predicted molar refractivity (Wildman–Crippen MR) is 81.3 cm³/mol. The molecule has 0 spiro atoms. The van der Waals surface area contributed by atoms with E-state index >= 15 is 0 Å². The molecular weight excluding hydrogens is 268 g/mol. The van der Waals surface area contributed by atoms with E-state index in [4.69, 9.17) is 15.2 Å². The first-order chi connectivity index (χ1) is 10.1. The highest BCUT2D eigenvalue weighted by atomic mass is 16.5. The highest BCUT2D eigenvalue weighted by molar-refractivity contribution is 5.80. The van der Waals surface area contributed by atoms with Gasteiger partial charge in [-0.2, -0.15) is 0 Å². The Morgan fingerprint density at radius 1 is 1.52 bits per heavy atom. The van der Waals surface area contributed by atoms with Gasteiger partial charge in [-0.15, -0.1) is 0 Å². The number of rotatable bonds is 6. The van der Waals surface area contributed by atoms with Crippen molar-refractivity contribution in [3.05, 3.63) is 29.8 Å². The minimum absolute atomic E-state index is 0.167. The molecule has 21 heavy (non-hydrogen) atoms. The van der Waals surface area contributed by atoms with Crippen molar-refractivity contribution in [1.82, 2.24) is 4.90 Å². The van der Waals surface area contributed by atoms with Gasteiger partial charge in [0.05, 0.1) is 12.7 Å². The lowest BCUT2D eigenvalue weighted by Gasteiger charge is -2.37. The van der Waals surface area contributed by atoms with Crippen LogP contribution < -0.4 is 10.5 Å². The smallest absolute Gasteiger partial charge is 0.237 e. The summed E-state index contributed by atoms with van der Waals surface area (Å²) in [5.74, 6) is 0.529. The molecule has 1 saturated heterocycles. The minimum Gasteiger partial charge on any atom is -0.492 e. The molecule has 0 radical (unpaired) electrons. The molecule has 2 N–H and O–H groups in total. The Morgan fingerprint density at radius 2 is 2.33 bits per heavy atom. The highest BCUT2D eigenvalue weighted by Gasteiger charge is 2.33. The number of nitrogens with two attached hydrogens (primary N) is 1. The molecule has 1 amide bonds. The summed E-state index contributed by atoms with van der Waals surface area (Å²) >= 11 is 0. The summed E-state index contributed by atoms with van der Waals surface area (Å²) in [5, 5.41) is 0. The van der Waals surface area contributed by atoms with E-state index in [-0.39, 0.29) is 18.1 Å². The highest BCUT2D eigenvalue weighted by Crippen LogP contribution is 2.16. The molecule has 1 aromatic rings. The summed E-state index contributed by atoms with van der Waals surface area (Å²) in [4.78, 5) is 13.6. The third kappa shape index (κ3) is 4.19. The van der Waals surface area contributed by atoms with Crippen molar-refractivity contribution < 1.29 is 14.3 Å². The second-order valence-electron chi connectivity index (χ2n) is 5.31. The lowest BCUT2D eigenvalue weighted by molar-refractivity contribution is -0.136. The first-order valence-corrected chi connectivity index (χ1v) is 7.48. The zero-order valence-electron chi connectivity index (χ0n) is 12.7. The summed E-state index contributed by atoms with van der Waals surface area (Å²) in [6, 6.07) is 7.71. The fraction of sp³-hybridized carbons (Fsp3) is 0.562. The van der Waals surface area contributed by atoms with Crippen molar-refractivity contribution in [1.29, 1.82) is 0 Å². The molecule has 5 nitrogen and oxygen atoms in total. The first-order valence-electron chi connectivity index (χ1n) is 7.48. The number of amides is 1. The standard InChI is InChI=1S/C16H24N2O3/c1-3-13-5-4-6-14(11-13)21-10-8-18-7-9-20-12(2)15(18)16(17)19/h4-6,11-12,15H,3,7-10H2,1-2H3,(H2,17,19)/t12-,15+/m1/s1. The van der Waals surface area contributed by atoms with Crippen molar-refractivity contribution in [3.8, 4) is 5.75 Å². The molecule has 1 aliphatic heterocycles. The monoisotopic (exact) mass is 292 g/mol. The molecule has 5 heteroatoms. The normalized spacial score (nSPS) is 23.0. The number of primary amides is 1. The number of hydrogen-bond donors (Lipinski definition) is 1. The van der Waals surface area contributed by atoms with Gasteiger partial charge in [-0.25, -0.2) is 0 Å². The maximum absolute atomic E-state index is 11.6. The Labute approximate surface area is 126 Å². The second-order valence-corrected chi connectivity index (χ2v) is 5.31. The number of nitrogens with zero attached hydrogens (tertiary/aromatic N) is 1. The van der Waals surface area contributed by atoms with E-state index in [1.54, 1.807) is 0 Å². The van der Waals surface area contributed by atoms with Gasteiger partial charge >= 0.3 is 0 Å². The molecule has 2 rings (SSSR count). The summed E-state index contributed by atoms with van der Waals surface area (Å²) in [7, 11) is 0. The molecular formula is C16H24N2O3. The van der Waals surface area contributed by atoms with Crippen LogP contribution in [0.1, 0.15) is 19.4 Å². The zero-order valence-corrected chi connectivity index (χ0v) is 12.7. The van der Waals surface area contributed by atoms with Crippen LogP contribution in [-0.2, 0) is 16.0 Å². The number of carbonyl (C=O) groups is 1. The van der Waals surface area contributed by atoms with Crippen molar-refractivity contribution >= 4 is 5.91 Å². The van der Waals surface area contributed by atoms with Crippen molar-refractivity contribution in [2.24, 2.45) is 5.73 Å². The zero-order chi connectivity index (χ0) is 15.2. The Kier molecular flexibility index (Phi) is 5.59. The Hall–Kier alpha value is -1.59. The quantitative estimate of drug-likeness (QED) is 0.856. The van der Waals surface area contributed by atoms with Crippen LogP contribution >= 0.6 is 0 Å². The summed E-state index contributed by atoms with van der Waals surface area (Å²) in [6.07, 6.45) is 0.821. The molecule has 1 fully saturated rings. The number of aryl methyl sites for hydroxylation is 1. The third-order valence-corrected chi connectivity index (χ3v) is 3.84. The van der Waals surface area contributed by atoms with Crippen molar-refractivity contribution in [2.75, 3.05) is 26.3 Å². The van der Waals surface area contributed by atoms with Crippen LogP contribution in [0.2, 0.25) is 0 Å². The van der Waals surface area contributed by atoms with Crippen LogP contribution in [0.25, 0.3) is 0 Å². The fourth-order valence-corrected chi connectivity index (χ4v) is 2.68. The molecule has 2 atom stereocenters. The van der Waals surface area contributed by atoms with E-state index in [1.807, 2.05) is 30.0 Å². The maximum Gasteiger partial charge on any atom is 0.237 e. The van der Waals surface area contributed by atoms with Crippen molar-refractivity contribution in [2.45, 2.75) is 32.4 Å². The lowest BCUT2D eigenvalue weighted by atomic mass is 10.1. The minimum atomic E-state index is -0.371. The van der Waals surface area contributed by atoms with Gasteiger partial charge in [-0.3, -0.25) is 9.69 Å². The summed E-state index contributed by atoms with van der Waals surface area (Å²) in [5.41, 5.74) is 6.72. The molecule has 0 bridgehead atoms. The molecule has 1 aliphatic rings. The van der Waals surface area contributed by atoms with Gasteiger partial charge in [0.25, 0.3) is 0 Å². The molecule has 116 valence electrons. The fourth-order valence-electron chi connectivity index (χ4n) is 2.68. The van der Waals surface area contributed by atoms with E-state index < -0.39 is 0 Å². The molecule has 0 aromatic heterocycles. The Morgan fingerprint density at radius 3 is 3.05 bits per heavy atom. The first kappa shape index (κ1) is 15.8. The van der Waals surface area contributed by atoms with Gasteiger partial charge < -0.3 is 15.2 Å². The van der Waals surface area contributed by atoms with E-state index in [0.717, 1.165) is 12.2 Å². The van der Waals surface area contributed by atoms with Gasteiger partial charge in [-0.1, -0.05) is 19.1 Å².